The molecule has 92 valence electrons. The summed E-state index contributed by atoms with van der Waals surface area (Å²) < 4.78 is 0. The maximum absolute atomic E-state index is 11.8. The summed E-state index contributed by atoms with van der Waals surface area (Å²) in [5, 5.41) is 15.7. The molecule has 17 heavy (non-hydrogen) atoms. The van der Waals surface area contributed by atoms with Gasteiger partial charge in [-0.05, 0) is 18.1 Å². The molecule has 0 spiro atoms. The molecule has 4 heteroatoms. The number of benzene rings is 1. The summed E-state index contributed by atoms with van der Waals surface area (Å²) in [7, 11) is 0. The molecule has 0 radical (unpaired) electrons. The van der Waals surface area contributed by atoms with Crippen LogP contribution in [0.5, 0.6) is 0 Å². The molecule has 0 aromatic heterocycles. The Labute approximate surface area is 101 Å². The Hall–Kier alpha value is -1.39. The van der Waals surface area contributed by atoms with Gasteiger partial charge in [0.2, 0.25) is 5.91 Å². The fraction of sp³-hybridized carbons (Fsp3) is 0.462. The third-order valence-electron chi connectivity index (χ3n) is 3.07. The third-order valence-corrected chi connectivity index (χ3v) is 3.07. The lowest BCUT2D eigenvalue weighted by molar-refractivity contribution is -0.123. The molecule has 0 aliphatic carbocycles. The van der Waals surface area contributed by atoms with E-state index in [0.717, 1.165) is 17.7 Å². The Morgan fingerprint density at radius 2 is 2.18 bits per heavy atom. The number of para-hydroxylation sites is 1. The Kier molecular flexibility index (Phi) is 3.45. The van der Waals surface area contributed by atoms with Crippen LogP contribution in [0.2, 0.25) is 0 Å². The number of aryl methyl sites for hydroxylation is 1. The van der Waals surface area contributed by atoms with E-state index in [-0.39, 0.29) is 12.3 Å². The Morgan fingerprint density at radius 3 is 2.76 bits per heavy atom. The number of hydrogen-bond donors (Lipinski definition) is 3. The second kappa shape index (κ2) is 4.85. The van der Waals surface area contributed by atoms with Crippen molar-refractivity contribution >= 4 is 11.6 Å². The number of aliphatic hydroxyl groups is 1. The van der Waals surface area contributed by atoms with E-state index in [1.165, 1.54) is 0 Å². The molecule has 3 N–H and O–H groups in total. The van der Waals surface area contributed by atoms with Crippen molar-refractivity contribution in [2.45, 2.75) is 25.4 Å². The quantitative estimate of drug-likeness (QED) is 0.725. The first-order valence-electron chi connectivity index (χ1n) is 5.94. The molecule has 4 nitrogen and oxygen atoms in total. The Morgan fingerprint density at radius 1 is 1.47 bits per heavy atom. The normalized spacial score (nSPS) is 17.3. The van der Waals surface area contributed by atoms with Crippen LogP contribution in [0.25, 0.3) is 0 Å². The van der Waals surface area contributed by atoms with E-state index in [2.05, 4.69) is 10.6 Å². The second-order valence-electron chi connectivity index (χ2n) is 4.56. The highest BCUT2D eigenvalue weighted by molar-refractivity contribution is 5.92. The maximum atomic E-state index is 11.8. The minimum absolute atomic E-state index is 0.130. The van der Waals surface area contributed by atoms with Crippen LogP contribution in [0.3, 0.4) is 0 Å². The largest absolute Gasteiger partial charge is 0.387 e. The fourth-order valence-corrected chi connectivity index (χ4v) is 1.98. The monoisotopic (exact) mass is 234 g/mol. The summed E-state index contributed by atoms with van der Waals surface area (Å²) in [6, 6.07) is 7.74. The lowest BCUT2D eigenvalue weighted by atomic mass is 9.93. The highest BCUT2D eigenvalue weighted by atomic mass is 16.3. The lowest BCUT2D eigenvalue weighted by Gasteiger charge is -2.36. The van der Waals surface area contributed by atoms with Crippen molar-refractivity contribution in [2.24, 2.45) is 0 Å². The van der Waals surface area contributed by atoms with Gasteiger partial charge in [-0.25, -0.2) is 0 Å². The van der Waals surface area contributed by atoms with Gasteiger partial charge >= 0.3 is 0 Å². The van der Waals surface area contributed by atoms with E-state index in [4.69, 9.17) is 0 Å². The van der Waals surface area contributed by atoms with E-state index in [9.17, 15) is 9.90 Å². The molecule has 1 aromatic carbocycles. The van der Waals surface area contributed by atoms with Crippen LogP contribution in [-0.4, -0.2) is 29.7 Å². The predicted molar refractivity (Wildman–Crippen MR) is 66.9 cm³/mol. The molecule has 1 saturated heterocycles. The zero-order chi connectivity index (χ0) is 12.3. The summed E-state index contributed by atoms with van der Waals surface area (Å²) in [6.07, 6.45) is 1.03. The van der Waals surface area contributed by atoms with Gasteiger partial charge in [-0.2, -0.15) is 0 Å². The summed E-state index contributed by atoms with van der Waals surface area (Å²) in [5.41, 5.74) is 1.10. The average molecular weight is 234 g/mol. The number of amides is 1. The van der Waals surface area contributed by atoms with Gasteiger partial charge in [0.05, 0.1) is 12.0 Å². The Bertz CT molecular complexity index is 414. The van der Waals surface area contributed by atoms with Crippen molar-refractivity contribution in [2.75, 3.05) is 18.4 Å². The number of nitrogens with one attached hydrogen (secondary N) is 2. The smallest absolute Gasteiger partial charge is 0.227 e. The molecule has 1 heterocycles. The molecule has 1 fully saturated rings. The van der Waals surface area contributed by atoms with Gasteiger partial charge in [-0.3, -0.25) is 4.79 Å². The van der Waals surface area contributed by atoms with Crippen molar-refractivity contribution in [1.82, 2.24) is 5.32 Å². The molecule has 1 amide bonds. The van der Waals surface area contributed by atoms with Crippen LogP contribution < -0.4 is 10.6 Å². The van der Waals surface area contributed by atoms with E-state index in [1.807, 2.05) is 31.2 Å². The van der Waals surface area contributed by atoms with E-state index in [1.54, 1.807) is 0 Å². The second-order valence-corrected chi connectivity index (χ2v) is 4.56. The fourth-order valence-electron chi connectivity index (χ4n) is 1.98. The molecular weight excluding hydrogens is 216 g/mol. The van der Waals surface area contributed by atoms with Crippen molar-refractivity contribution in [3.8, 4) is 0 Å². The van der Waals surface area contributed by atoms with Crippen molar-refractivity contribution in [3.63, 3.8) is 0 Å². The number of carbonyl (C=O) groups excluding carboxylic acids is 1. The molecule has 0 bridgehead atoms. The minimum Gasteiger partial charge on any atom is -0.387 e. The average Bonchev–Trinajstić information content (AvgIpc) is 2.27. The molecule has 1 aliphatic heterocycles. The van der Waals surface area contributed by atoms with Gasteiger partial charge in [0.1, 0.15) is 0 Å². The SMILES string of the molecule is CCc1ccccc1NC(=O)CC1(O)CNC1. The van der Waals surface area contributed by atoms with Crippen LogP contribution in [0.4, 0.5) is 5.69 Å². The van der Waals surface area contributed by atoms with E-state index in [0.29, 0.717) is 13.1 Å². The molecule has 0 unspecified atom stereocenters. The van der Waals surface area contributed by atoms with Crippen LogP contribution in [0, 0.1) is 0 Å². The van der Waals surface area contributed by atoms with Gasteiger partial charge in [0, 0.05) is 18.8 Å². The molecule has 0 saturated carbocycles. The van der Waals surface area contributed by atoms with Crippen molar-refractivity contribution < 1.29 is 9.90 Å². The summed E-state index contributed by atoms with van der Waals surface area (Å²) in [6.45, 7) is 3.04. The Balaban J connectivity index is 1.98. The number of hydrogen-bond acceptors (Lipinski definition) is 3. The summed E-state index contributed by atoms with van der Waals surface area (Å²) >= 11 is 0. The number of anilines is 1. The lowest BCUT2D eigenvalue weighted by Crippen LogP contribution is -2.60. The first-order chi connectivity index (χ1) is 8.13. The summed E-state index contributed by atoms with van der Waals surface area (Å²) in [5.74, 6) is -0.130. The summed E-state index contributed by atoms with van der Waals surface area (Å²) in [4.78, 5) is 11.8. The molecular formula is C13H18N2O2. The van der Waals surface area contributed by atoms with E-state index >= 15 is 0 Å². The van der Waals surface area contributed by atoms with Gasteiger partial charge < -0.3 is 15.7 Å². The predicted octanol–water partition coefficient (Wildman–Crippen LogP) is 0.912. The van der Waals surface area contributed by atoms with Crippen molar-refractivity contribution in [3.05, 3.63) is 29.8 Å². The topological polar surface area (TPSA) is 61.4 Å². The zero-order valence-corrected chi connectivity index (χ0v) is 9.99. The van der Waals surface area contributed by atoms with E-state index < -0.39 is 5.60 Å². The van der Waals surface area contributed by atoms with Crippen molar-refractivity contribution in [1.29, 1.82) is 0 Å². The third kappa shape index (κ3) is 2.84. The molecule has 1 aliphatic rings. The van der Waals surface area contributed by atoms with Gasteiger partial charge in [0.25, 0.3) is 0 Å². The first kappa shape index (κ1) is 12.1. The van der Waals surface area contributed by atoms with Crippen LogP contribution in [0.1, 0.15) is 18.9 Å². The molecule has 0 atom stereocenters. The van der Waals surface area contributed by atoms with Gasteiger partial charge in [-0.15, -0.1) is 0 Å². The van der Waals surface area contributed by atoms with Crippen LogP contribution in [-0.2, 0) is 11.2 Å². The van der Waals surface area contributed by atoms with Gasteiger partial charge in [-0.1, -0.05) is 25.1 Å². The first-order valence-corrected chi connectivity index (χ1v) is 5.94. The van der Waals surface area contributed by atoms with Crippen LogP contribution >= 0.6 is 0 Å². The molecule has 1 aromatic rings. The number of rotatable bonds is 4. The number of carbonyl (C=O) groups is 1. The highest BCUT2D eigenvalue weighted by Crippen LogP contribution is 2.19. The molecule has 2 rings (SSSR count). The standard InChI is InChI=1S/C13H18N2O2/c1-2-10-5-3-4-6-11(10)15-12(16)7-13(17)8-14-9-13/h3-6,14,17H,2,7-9H2,1H3,(H,15,16). The minimum atomic E-state index is -0.856. The highest BCUT2D eigenvalue weighted by Gasteiger charge is 2.36. The van der Waals surface area contributed by atoms with Crippen LogP contribution in [0.15, 0.2) is 24.3 Å². The maximum Gasteiger partial charge on any atom is 0.227 e. The number of β-amino-alcohol motifs (C(OH)–C–C–N with tert-alkyl or cyclic N) is 1. The van der Waals surface area contributed by atoms with Gasteiger partial charge in [0.15, 0.2) is 0 Å². The zero-order valence-electron chi connectivity index (χ0n) is 9.99.